The van der Waals surface area contributed by atoms with Gasteiger partial charge >= 0.3 is 5.97 Å². The fourth-order valence-corrected chi connectivity index (χ4v) is 1.28. The Hall–Kier alpha value is -1.35. The number of hydrogen-bond donors (Lipinski definition) is 2. The lowest BCUT2D eigenvalue weighted by atomic mass is 10.1. The molecule has 0 amide bonds. The predicted octanol–water partition coefficient (Wildman–Crippen LogP) is 1.24. The van der Waals surface area contributed by atoms with Gasteiger partial charge in [0.15, 0.2) is 0 Å². The predicted molar refractivity (Wildman–Crippen MR) is 53.2 cm³/mol. The van der Waals surface area contributed by atoms with Crippen LogP contribution in [0.4, 0.5) is 0 Å². The second-order valence-electron chi connectivity index (χ2n) is 3.21. The van der Waals surface area contributed by atoms with E-state index in [0.717, 1.165) is 24.0 Å². The van der Waals surface area contributed by atoms with Gasteiger partial charge in [-0.1, -0.05) is 24.3 Å². The van der Waals surface area contributed by atoms with E-state index < -0.39 is 5.97 Å². The van der Waals surface area contributed by atoms with Gasteiger partial charge in [-0.15, -0.1) is 0 Å². The van der Waals surface area contributed by atoms with Crippen LogP contribution in [0.3, 0.4) is 0 Å². The molecule has 0 saturated heterocycles. The van der Waals surface area contributed by atoms with Gasteiger partial charge in [0.25, 0.3) is 0 Å². The van der Waals surface area contributed by atoms with E-state index in [-0.39, 0.29) is 13.0 Å². The van der Waals surface area contributed by atoms with E-state index in [1.54, 1.807) is 0 Å². The van der Waals surface area contributed by atoms with E-state index in [9.17, 15) is 4.79 Å². The standard InChI is InChI=1S/C11H14O3/c12-7-1-2-9-3-5-10(6-4-9)8-11(13)14/h3-6,12H,1-2,7-8H2,(H,13,14). The summed E-state index contributed by atoms with van der Waals surface area (Å²) in [4.78, 5) is 10.4. The lowest BCUT2D eigenvalue weighted by Crippen LogP contribution is -2.00. The van der Waals surface area contributed by atoms with Crippen LogP contribution < -0.4 is 0 Å². The molecular formula is C11H14O3. The van der Waals surface area contributed by atoms with Gasteiger partial charge in [0, 0.05) is 6.61 Å². The summed E-state index contributed by atoms with van der Waals surface area (Å²) < 4.78 is 0. The highest BCUT2D eigenvalue weighted by Gasteiger charge is 1.99. The number of aryl methyl sites for hydroxylation is 1. The molecule has 14 heavy (non-hydrogen) atoms. The van der Waals surface area contributed by atoms with Crippen molar-refractivity contribution in [3.63, 3.8) is 0 Å². The molecule has 0 saturated carbocycles. The molecular weight excluding hydrogens is 180 g/mol. The summed E-state index contributed by atoms with van der Waals surface area (Å²) >= 11 is 0. The van der Waals surface area contributed by atoms with Gasteiger partial charge in [-0.25, -0.2) is 0 Å². The molecule has 3 heteroatoms. The molecule has 1 rings (SSSR count). The van der Waals surface area contributed by atoms with Crippen molar-refractivity contribution in [3.05, 3.63) is 35.4 Å². The molecule has 0 aliphatic carbocycles. The first-order chi connectivity index (χ1) is 6.72. The maximum absolute atomic E-state index is 10.4. The molecule has 0 spiro atoms. The van der Waals surface area contributed by atoms with E-state index >= 15 is 0 Å². The third-order valence-electron chi connectivity index (χ3n) is 2.00. The summed E-state index contributed by atoms with van der Waals surface area (Å²) in [6, 6.07) is 7.46. The molecule has 0 atom stereocenters. The Morgan fingerprint density at radius 2 is 1.71 bits per heavy atom. The highest BCUT2D eigenvalue weighted by molar-refractivity contribution is 5.70. The van der Waals surface area contributed by atoms with Gasteiger partial charge in [-0.3, -0.25) is 4.79 Å². The van der Waals surface area contributed by atoms with Crippen LogP contribution in [-0.4, -0.2) is 22.8 Å². The van der Waals surface area contributed by atoms with Crippen LogP contribution in [-0.2, 0) is 17.6 Å². The van der Waals surface area contributed by atoms with Crippen LogP contribution in [0.15, 0.2) is 24.3 Å². The summed E-state index contributed by atoms with van der Waals surface area (Å²) in [5.41, 5.74) is 1.94. The number of aliphatic hydroxyl groups excluding tert-OH is 1. The Bertz CT molecular complexity index is 290. The summed E-state index contributed by atoms with van der Waals surface area (Å²) in [7, 11) is 0. The van der Waals surface area contributed by atoms with E-state index in [1.807, 2.05) is 24.3 Å². The minimum Gasteiger partial charge on any atom is -0.481 e. The Balaban J connectivity index is 2.54. The first-order valence-corrected chi connectivity index (χ1v) is 4.63. The Morgan fingerprint density at radius 1 is 1.14 bits per heavy atom. The van der Waals surface area contributed by atoms with Gasteiger partial charge in [-0.05, 0) is 24.0 Å². The summed E-state index contributed by atoms with van der Waals surface area (Å²) in [6.45, 7) is 0.191. The number of hydrogen-bond acceptors (Lipinski definition) is 2. The molecule has 76 valence electrons. The van der Waals surface area contributed by atoms with Crippen LogP contribution in [0.1, 0.15) is 17.5 Å². The molecule has 0 aromatic heterocycles. The van der Waals surface area contributed by atoms with Gasteiger partial charge in [0.2, 0.25) is 0 Å². The number of carboxylic acids is 1. The van der Waals surface area contributed by atoms with Crippen molar-refractivity contribution < 1.29 is 15.0 Å². The molecule has 0 fully saturated rings. The second kappa shape index (κ2) is 5.40. The highest BCUT2D eigenvalue weighted by Crippen LogP contribution is 2.07. The van der Waals surface area contributed by atoms with Crippen LogP contribution in [0.2, 0.25) is 0 Å². The number of carbonyl (C=O) groups is 1. The molecule has 0 unspecified atom stereocenters. The van der Waals surface area contributed by atoms with E-state index in [2.05, 4.69) is 0 Å². The zero-order chi connectivity index (χ0) is 10.4. The molecule has 0 heterocycles. The van der Waals surface area contributed by atoms with Crippen LogP contribution in [0.5, 0.6) is 0 Å². The zero-order valence-corrected chi connectivity index (χ0v) is 7.94. The lowest BCUT2D eigenvalue weighted by Gasteiger charge is -2.01. The smallest absolute Gasteiger partial charge is 0.307 e. The number of aliphatic hydroxyl groups is 1. The largest absolute Gasteiger partial charge is 0.481 e. The first-order valence-electron chi connectivity index (χ1n) is 4.63. The van der Waals surface area contributed by atoms with Crippen molar-refractivity contribution in [2.45, 2.75) is 19.3 Å². The van der Waals surface area contributed by atoms with Crippen LogP contribution >= 0.6 is 0 Å². The summed E-state index contributed by atoms with van der Waals surface area (Å²) in [5, 5.41) is 17.2. The monoisotopic (exact) mass is 194 g/mol. The molecule has 1 aromatic carbocycles. The molecule has 0 radical (unpaired) electrons. The molecule has 0 aliphatic rings. The van der Waals surface area contributed by atoms with Crippen molar-refractivity contribution in [1.82, 2.24) is 0 Å². The van der Waals surface area contributed by atoms with E-state index in [4.69, 9.17) is 10.2 Å². The topological polar surface area (TPSA) is 57.5 Å². The Kier molecular flexibility index (Phi) is 4.13. The maximum atomic E-state index is 10.4. The summed E-state index contributed by atoms with van der Waals surface area (Å²) in [5.74, 6) is -0.812. The number of benzene rings is 1. The Labute approximate surface area is 83.0 Å². The SMILES string of the molecule is O=C(O)Cc1ccc(CCCO)cc1. The van der Waals surface area contributed by atoms with Gasteiger partial charge in [0.1, 0.15) is 0 Å². The fourth-order valence-electron chi connectivity index (χ4n) is 1.28. The van der Waals surface area contributed by atoms with Crippen LogP contribution in [0, 0.1) is 0 Å². The first kappa shape index (κ1) is 10.7. The Morgan fingerprint density at radius 3 is 2.21 bits per heavy atom. The minimum absolute atomic E-state index is 0.0697. The maximum Gasteiger partial charge on any atom is 0.307 e. The van der Waals surface area contributed by atoms with Crippen molar-refractivity contribution in [1.29, 1.82) is 0 Å². The van der Waals surface area contributed by atoms with Crippen molar-refractivity contribution >= 4 is 5.97 Å². The average Bonchev–Trinajstić information content (AvgIpc) is 2.16. The summed E-state index contributed by atoms with van der Waals surface area (Å²) in [6.07, 6.45) is 1.66. The third kappa shape index (κ3) is 3.58. The second-order valence-corrected chi connectivity index (χ2v) is 3.21. The van der Waals surface area contributed by atoms with Crippen LogP contribution in [0.25, 0.3) is 0 Å². The van der Waals surface area contributed by atoms with E-state index in [1.165, 1.54) is 0 Å². The lowest BCUT2D eigenvalue weighted by molar-refractivity contribution is -0.136. The zero-order valence-electron chi connectivity index (χ0n) is 7.94. The third-order valence-corrected chi connectivity index (χ3v) is 2.00. The minimum atomic E-state index is -0.812. The molecule has 1 aromatic rings. The quantitative estimate of drug-likeness (QED) is 0.741. The van der Waals surface area contributed by atoms with Crippen molar-refractivity contribution in [3.8, 4) is 0 Å². The number of rotatable bonds is 5. The van der Waals surface area contributed by atoms with Gasteiger partial charge in [-0.2, -0.15) is 0 Å². The molecule has 0 bridgehead atoms. The van der Waals surface area contributed by atoms with Crippen molar-refractivity contribution in [2.24, 2.45) is 0 Å². The number of aliphatic carboxylic acids is 1. The molecule has 3 nitrogen and oxygen atoms in total. The average molecular weight is 194 g/mol. The van der Waals surface area contributed by atoms with Crippen molar-refractivity contribution in [2.75, 3.05) is 6.61 Å². The molecule has 0 aliphatic heterocycles. The molecule has 2 N–H and O–H groups in total. The normalized spacial score (nSPS) is 10.1. The van der Waals surface area contributed by atoms with E-state index in [0.29, 0.717) is 0 Å². The van der Waals surface area contributed by atoms with Gasteiger partial charge in [0.05, 0.1) is 6.42 Å². The number of carboxylic acid groups (broad SMARTS) is 1. The highest BCUT2D eigenvalue weighted by atomic mass is 16.4. The van der Waals surface area contributed by atoms with Gasteiger partial charge < -0.3 is 10.2 Å². The fraction of sp³-hybridized carbons (Fsp3) is 0.364.